The van der Waals surface area contributed by atoms with Crippen molar-refractivity contribution in [3.8, 4) is 11.3 Å². The minimum Gasteiger partial charge on any atom is -0.394 e. The summed E-state index contributed by atoms with van der Waals surface area (Å²) in [6.07, 6.45) is -3.10. The third-order valence-electron chi connectivity index (χ3n) is 4.32. The molecule has 4 rings (SSSR count). The average molecular weight is 343 g/mol. The Balaban J connectivity index is 1.90. The van der Waals surface area contributed by atoms with Crippen molar-refractivity contribution in [3.05, 3.63) is 36.7 Å². The number of aliphatic hydroxyl groups excluding tert-OH is 3. The third-order valence-corrected chi connectivity index (χ3v) is 4.32. The summed E-state index contributed by atoms with van der Waals surface area (Å²) in [5.74, 6) is 0.252. The highest BCUT2D eigenvalue weighted by atomic mass is 16.6. The van der Waals surface area contributed by atoms with Crippen molar-refractivity contribution in [2.24, 2.45) is 0 Å². The van der Waals surface area contributed by atoms with Crippen molar-refractivity contribution in [1.82, 2.24) is 19.7 Å². The van der Waals surface area contributed by atoms with Gasteiger partial charge in [-0.15, -0.1) is 0 Å². The normalized spacial score (nSPS) is 26.4. The molecule has 1 aliphatic heterocycles. The van der Waals surface area contributed by atoms with Crippen LogP contribution in [-0.4, -0.2) is 60.0 Å². The molecule has 0 unspecified atom stereocenters. The van der Waals surface area contributed by atoms with Gasteiger partial charge in [-0.25, -0.2) is 14.6 Å². The van der Waals surface area contributed by atoms with Gasteiger partial charge in [0.2, 0.25) is 0 Å². The number of benzene rings is 1. The molecule has 0 aliphatic carbocycles. The van der Waals surface area contributed by atoms with Gasteiger partial charge in [0.25, 0.3) is 0 Å². The van der Waals surface area contributed by atoms with E-state index in [0.717, 1.165) is 5.56 Å². The van der Waals surface area contributed by atoms with E-state index in [0.29, 0.717) is 16.7 Å². The third kappa shape index (κ3) is 2.45. The van der Waals surface area contributed by atoms with Crippen LogP contribution in [0.15, 0.2) is 36.7 Å². The predicted molar refractivity (Wildman–Crippen MR) is 88.2 cm³/mol. The number of nitrogens with two attached hydrogens (primary N) is 1. The van der Waals surface area contributed by atoms with Crippen LogP contribution in [0.5, 0.6) is 0 Å². The Labute approximate surface area is 142 Å². The lowest BCUT2D eigenvalue weighted by Gasteiger charge is -2.15. The zero-order chi connectivity index (χ0) is 17.6. The number of aliphatic hydroxyl groups is 3. The van der Waals surface area contributed by atoms with Crippen LogP contribution < -0.4 is 5.73 Å². The molecule has 3 heterocycles. The van der Waals surface area contributed by atoms with Gasteiger partial charge in [-0.2, -0.15) is 5.10 Å². The van der Waals surface area contributed by atoms with E-state index in [4.69, 9.17) is 10.5 Å². The maximum absolute atomic E-state index is 10.3. The zero-order valence-corrected chi connectivity index (χ0v) is 13.1. The van der Waals surface area contributed by atoms with Gasteiger partial charge in [-0.3, -0.25) is 0 Å². The molecular formula is C16H17N5O4. The van der Waals surface area contributed by atoms with Crippen LogP contribution in [0.4, 0.5) is 5.82 Å². The van der Waals surface area contributed by atoms with E-state index in [-0.39, 0.29) is 5.82 Å². The maximum Gasteiger partial charge on any atom is 0.181 e. The Hall–Kier alpha value is -2.59. The van der Waals surface area contributed by atoms with Crippen molar-refractivity contribution in [2.75, 3.05) is 12.3 Å². The molecule has 0 radical (unpaired) electrons. The van der Waals surface area contributed by atoms with Crippen molar-refractivity contribution in [3.63, 3.8) is 0 Å². The summed E-state index contributed by atoms with van der Waals surface area (Å²) < 4.78 is 6.94. The quantitative estimate of drug-likeness (QED) is 0.508. The number of anilines is 1. The van der Waals surface area contributed by atoms with Crippen LogP contribution in [0.3, 0.4) is 0 Å². The minimum atomic E-state index is -1.26. The summed E-state index contributed by atoms with van der Waals surface area (Å²) in [6.45, 7) is -0.420. The standard InChI is InChI=1S/C16H17N5O4/c17-14-10-11(8-4-2-1-3-5-8)20-21(15(10)19-7-18-14)16-13(24)12(23)9(6-22)25-16/h1-5,7,9,12-13,16,22-24H,6H2,(H2,17,18,19)/t9-,12-,13-,16-/m1/s1. The second-order valence-corrected chi connectivity index (χ2v) is 5.85. The molecule has 1 fully saturated rings. The summed E-state index contributed by atoms with van der Waals surface area (Å²) in [6, 6.07) is 9.36. The molecule has 2 aromatic heterocycles. The largest absolute Gasteiger partial charge is 0.394 e. The fraction of sp³-hybridized carbons (Fsp3) is 0.312. The number of rotatable bonds is 3. The first kappa shape index (κ1) is 15.9. The molecular weight excluding hydrogens is 326 g/mol. The summed E-state index contributed by atoms with van der Waals surface area (Å²) in [4.78, 5) is 8.24. The molecule has 130 valence electrons. The monoisotopic (exact) mass is 343 g/mol. The van der Waals surface area contributed by atoms with Gasteiger partial charge in [0.05, 0.1) is 12.0 Å². The predicted octanol–water partition coefficient (Wildman–Crippen LogP) is -0.313. The summed E-state index contributed by atoms with van der Waals surface area (Å²) >= 11 is 0. The van der Waals surface area contributed by atoms with Crippen LogP contribution in [-0.2, 0) is 4.74 Å². The van der Waals surface area contributed by atoms with Gasteiger partial charge in [0.15, 0.2) is 11.9 Å². The molecule has 3 aromatic rings. The summed E-state index contributed by atoms with van der Waals surface area (Å²) in [7, 11) is 0. The number of fused-ring (bicyclic) bond motifs is 1. The fourth-order valence-electron chi connectivity index (χ4n) is 3.05. The Morgan fingerprint density at radius 2 is 1.88 bits per heavy atom. The van der Waals surface area contributed by atoms with Gasteiger partial charge in [-0.05, 0) is 0 Å². The smallest absolute Gasteiger partial charge is 0.181 e. The molecule has 1 aromatic carbocycles. The number of ether oxygens (including phenoxy) is 1. The average Bonchev–Trinajstić information content (AvgIpc) is 3.15. The molecule has 1 saturated heterocycles. The van der Waals surface area contributed by atoms with Gasteiger partial charge in [0.1, 0.15) is 36.2 Å². The van der Waals surface area contributed by atoms with Crippen LogP contribution in [0, 0.1) is 0 Å². The lowest BCUT2D eigenvalue weighted by Crippen LogP contribution is -2.33. The van der Waals surface area contributed by atoms with E-state index >= 15 is 0 Å². The van der Waals surface area contributed by atoms with E-state index in [9.17, 15) is 15.3 Å². The van der Waals surface area contributed by atoms with Crippen LogP contribution in [0.1, 0.15) is 6.23 Å². The Kier molecular flexibility index (Phi) is 3.85. The molecule has 0 bridgehead atoms. The molecule has 9 heteroatoms. The van der Waals surface area contributed by atoms with Crippen molar-refractivity contribution in [2.45, 2.75) is 24.5 Å². The number of hydrogen-bond donors (Lipinski definition) is 4. The Morgan fingerprint density at radius 1 is 1.12 bits per heavy atom. The molecule has 0 amide bonds. The number of aromatic nitrogens is 4. The van der Waals surface area contributed by atoms with E-state index < -0.39 is 31.1 Å². The summed E-state index contributed by atoms with van der Waals surface area (Å²) in [5, 5.41) is 34.6. The molecule has 0 saturated carbocycles. The van der Waals surface area contributed by atoms with Crippen molar-refractivity contribution < 1.29 is 20.1 Å². The van der Waals surface area contributed by atoms with Gasteiger partial charge >= 0.3 is 0 Å². The lowest BCUT2D eigenvalue weighted by molar-refractivity contribution is -0.0565. The van der Waals surface area contributed by atoms with Crippen molar-refractivity contribution in [1.29, 1.82) is 0 Å². The molecule has 9 nitrogen and oxygen atoms in total. The number of nitrogen functional groups attached to an aromatic ring is 1. The first-order valence-corrected chi connectivity index (χ1v) is 7.78. The highest BCUT2D eigenvalue weighted by molar-refractivity contribution is 5.98. The molecule has 1 aliphatic rings. The summed E-state index contributed by atoms with van der Waals surface area (Å²) in [5.41, 5.74) is 7.75. The van der Waals surface area contributed by atoms with E-state index in [1.165, 1.54) is 11.0 Å². The van der Waals surface area contributed by atoms with E-state index in [2.05, 4.69) is 15.1 Å². The SMILES string of the molecule is Nc1ncnc2c1c(-c1ccccc1)nn2[C@@H]1O[C@H](CO)[C@@H](O)[C@H]1O. The number of hydrogen-bond acceptors (Lipinski definition) is 8. The highest BCUT2D eigenvalue weighted by Crippen LogP contribution is 2.35. The fourth-order valence-corrected chi connectivity index (χ4v) is 3.05. The molecule has 4 atom stereocenters. The van der Waals surface area contributed by atoms with Crippen LogP contribution in [0.25, 0.3) is 22.3 Å². The second kappa shape index (κ2) is 6.05. The van der Waals surface area contributed by atoms with Crippen molar-refractivity contribution >= 4 is 16.9 Å². The van der Waals surface area contributed by atoms with Crippen LogP contribution in [0.2, 0.25) is 0 Å². The van der Waals surface area contributed by atoms with Crippen LogP contribution >= 0.6 is 0 Å². The zero-order valence-electron chi connectivity index (χ0n) is 13.1. The molecule has 0 spiro atoms. The topological polar surface area (TPSA) is 140 Å². The van der Waals surface area contributed by atoms with Gasteiger partial charge in [-0.1, -0.05) is 30.3 Å². The van der Waals surface area contributed by atoms with E-state index in [1.54, 1.807) is 0 Å². The van der Waals surface area contributed by atoms with E-state index in [1.807, 2.05) is 30.3 Å². The Morgan fingerprint density at radius 3 is 2.56 bits per heavy atom. The highest BCUT2D eigenvalue weighted by Gasteiger charge is 2.44. The number of nitrogens with zero attached hydrogens (tertiary/aromatic N) is 4. The maximum atomic E-state index is 10.3. The molecule has 5 N–H and O–H groups in total. The first-order chi connectivity index (χ1) is 12.1. The lowest BCUT2D eigenvalue weighted by atomic mass is 10.1. The van der Waals surface area contributed by atoms with Gasteiger partial charge in [0, 0.05) is 5.56 Å². The minimum absolute atomic E-state index is 0.252. The molecule has 25 heavy (non-hydrogen) atoms. The first-order valence-electron chi connectivity index (χ1n) is 7.78. The Bertz CT molecular complexity index is 900. The second-order valence-electron chi connectivity index (χ2n) is 5.85. The van der Waals surface area contributed by atoms with Gasteiger partial charge < -0.3 is 25.8 Å².